The molecule has 1 aliphatic rings. The van der Waals surface area contributed by atoms with E-state index in [9.17, 15) is 13.2 Å². The summed E-state index contributed by atoms with van der Waals surface area (Å²) >= 11 is 6.19. The third-order valence-electron chi connectivity index (χ3n) is 5.68. The summed E-state index contributed by atoms with van der Waals surface area (Å²) in [4.78, 5) is 12.7. The van der Waals surface area contributed by atoms with Gasteiger partial charge in [-0.05, 0) is 68.1 Å². The maximum Gasteiger partial charge on any atom is 0.263 e. The maximum atomic E-state index is 12.9. The summed E-state index contributed by atoms with van der Waals surface area (Å²) in [6, 6.07) is 9.84. The molecule has 2 aromatic rings. The van der Waals surface area contributed by atoms with Crippen molar-refractivity contribution in [1.29, 1.82) is 0 Å². The Balaban J connectivity index is 1.79. The van der Waals surface area contributed by atoms with Gasteiger partial charge in [0.1, 0.15) is 4.90 Å². The fraction of sp³-hybridized carbons (Fsp3) is 0.435. The molecule has 0 spiro atoms. The maximum absolute atomic E-state index is 12.9. The molecule has 5 nitrogen and oxygen atoms in total. The summed E-state index contributed by atoms with van der Waals surface area (Å²) in [7, 11) is -3.94. The highest BCUT2D eigenvalue weighted by Gasteiger charge is 2.22. The van der Waals surface area contributed by atoms with Crippen LogP contribution >= 0.6 is 11.6 Å². The number of nitrogens with one attached hydrogen (secondary N) is 2. The van der Waals surface area contributed by atoms with Crippen molar-refractivity contribution in [2.75, 3.05) is 4.72 Å². The van der Waals surface area contributed by atoms with Gasteiger partial charge in [0.2, 0.25) is 0 Å². The number of sulfonamides is 1. The van der Waals surface area contributed by atoms with E-state index in [1.165, 1.54) is 31.4 Å². The Hall–Kier alpha value is -2.05. The number of anilines is 1. The van der Waals surface area contributed by atoms with Crippen LogP contribution in [0.3, 0.4) is 0 Å². The average Bonchev–Trinajstić information content (AvgIpc) is 2.66. The third kappa shape index (κ3) is 5.76. The van der Waals surface area contributed by atoms with E-state index in [1.807, 2.05) is 19.9 Å². The molecule has 30 heavy (non-hydrogen) atoms. The van der Waals surface area contributed by atoms with E-state index in [0.29, 0.717) is 11.3 Å². The van der Waals surface area contributed by atoms with Crippen LogP contribution in [0.1, 0.15) is 66.4 Å². The first-order chi connectivity index (χ1) is 14.3. The van der Waals surface area contributed by atoms with Gasteiger partial charge in [0.05, 0.1) is 5.02 Å². The van der Waals surface area contributed by atoms with Crippen LogP contribution in [0.2, 0.25) is 5.02 Å². The van der Waals surface area contributed by atoms with Gasteiger partial charge < -0.3 is 5.32 Å². The van der Waals surface area contributed by atoms with Gasteiger partial charge in [-0.1, -0.05) is 49.8 Å². The molecule has 0 aliphatic heterocycles. The van der Waals surface area contributed by atoms with Crippen LogP contribution in [0.4, 0.5) is 5.69 Å². The van der Waals surface area contributed by atoms with Crippen LogP contribution in [-0.4, -0.2) is 20.4 Å². The van der Waals surface area contributed by atoms with Crippen LogP contribution in [-0.2, 0) is 10.0 Å². The first-order valence-corrected chi connectivity index (χ1v) is 12.3. The second-order valence-electron chi connectivity index (χ2n) is 8.07. The highest BCUT2D eigenvalue weighted by Crippen LogP contribution is 2.26. The smallest absolute Gasteiger partial charge is 0.263 e. The summed E-state index contributed by atoms with van der Waals surface area (Å²) in [5.74, 6) is -0.264. The minimum absolute atomic E-state index is 0.0776. The summed E-state index contributed by atoms with van der Waals surface area (Å²) in [5, 5.41) is 3.14. The minimum atomic E-state index is -3.94. The molecule has 0 unspecified atom stereocenters. The van der Waals surface area contributed by atoms with Gasteiger partial charge in [-0.3, -0.25) is 9.52 Å². The summed E-state index contributed by atoms with van der Waals surface area (Å²) < 4.78 is 28.4. The van der Waals surface area contributed by atoms with Crippen molar-refractivity contribution >= 4 is 33.2 Å². The molecule has 0 bridgehead atoms. The lowest BCUT2D eigenvalue weighted by Crippen LogP contribution is -2.35. The van der Waals surface area contributed by atoms with Crippen molar-refractivity contribution in [2.24, 2.45) is 0 Å². The predicted octanol–water partition coefficient (Wildman–Crippen LogP) is 5.60. The topological polar surface area (TPSA) is 75.3 Å². The van der Waals surface area contributed by atoms with Gasteiger partial charge in [0.25, 0.3) is 15.9 Å². The number of amides is 1. The highest BCUT2D eigenvalue weighted by atomic mass is 35.5. The Morgan fingerprint density at radius 2 is 1.60 bits per heavy atom. The van der Waals surface area contributed by atoms with Gasteiger partial charge in [0.15, 0.2) is 0 Å². The molecule has 2 N–H and O–H groups in total. The molecule has 1 fully saturated rings. The number of aryl methyl sites for hydroxylation is 2. The molecular weight excluding hydrogens is 420 g/mol. The molecule has 7 heteroatoms. The second-order valence-corrected chi connectivity index (χ2v) is 10.1. The molecule has 0 atom stereocenters. The van der Waals surface area contributed by atoms with Crippen LogP contribution in [0.5, 0.6) is 0 Å². The molecule has 1 amide bonds. The molecule has 162 valence electrons. The predicted molar refractivity (Wildman–Crippen MR) is 122 cm³/mol. The monoisotopic (exact) mass is 448 g/mol. The number of carbonyl (C=O) groups is 1. The summed E-state index contributed by atoms with van der Waals surface area (Å²) in [6.45, 7) is 3.88. The van der Waals surface area contributed by atoms with Crippen molar-refractivity contribution in [3.63, 3.8) is 0 Å². The fourth-order valence-corrected chi connectivity index (χ4v) is 5.31. The van der Waals surface area contributed by atoms with Gasteiger partial charge in [-0.25, -0.2) is 8.42 Å². The fourth-order valence-electron chi connectivity index (χ4n) is 3.73. The summed E-state index contributed by atoms with van der Waals surface area (Å²) in [6.07, 6.45) is 7.76. The SMILES string of the molecule is Cc1ccc(NS(=O)(=O)c2cc(C(=O)NC3CCCCCCC3)ccc2Cl)cc1C. The quantitative estimate of drug-likeness (QED) is 0.625. The molecule has 1 saturated carbocycles. The lowest BCUT2D eigenvalue weighted by atomic mass is 9.96. The zero-order chi connectivity index (χ0) is 21.7. The number of benzene rings is 2. The van der Waals surface area contributed by atoms with Crippen LogP contribution in [0.25, 0.3) is 0 Å². The van der Waals surface area contributed by atoms with Gasteiger partial charge >= 0.3 is 0 Å². The van der Waals surface area contributed by atoms with E-state index >= 15 is 0 Å². The van der Waals surface area contributed by atoms with E-state index in [0.717, 1.165) is 36.8 Å². The van der Waals surface area contributed by atoms with Gasteiger partial charge in [-0.2, -0.15) is 0 Å². The number of hydrogen-bond donors (Lipinski definition) is 2. The van der Waals surface area contributed by atoms with Gasteiger partial charge in [-0.15, -0.1) is 0 Å². The molecule has 1 aliphatic carbocycles. The molecule has 2 aromatic carbocycles. The van der Waals surface area contributed by atoms with E-state index in [2.05, 4.69) is 10.0 Å². The van der Waals surface area contributed by atoms with E-state index < -0.39 is 10.0 Å². The van der Waals surface area contributed by atoms with Crippen molar-refractivity contribution in [1.82, 2.24) is 5.32 Å². The standard InChI is InChI=1S/C23H29ClN2O3S/c1-16-10-12-20(14-17(16)2)26-30(28,29)22-15-18(11-13-21(22)24)23(27)25-19-8-6-4-3-5-7-9-19/h10-15,19,26H,3-9H2,1-2H3,(H,25,27). The number of hydrogen-bond acceptors (Lipinski definition) is 3. The Morgan fingerprint density at radius 3 is 2.27 bits per heavy atom. The third-order valence-corrected chi connectivity index (χ3v) is 7.55. The van der Waals surface area contributed by atoms with Crippen LogP contribution < -0.4 is 10.0 Å². The Kier molecular flexibility index (Phi) is 7.42. The Labute approximate surface area is 184 Å². The molecule has 0 heterocycles. The largest absolute Gasteiger partial charge is 0.349 e. The number of halogens is 1. The Bertz CT molecular complexity index is 1010. The summed E-state index contributed by atoms with van der Waals surface area (Å²) in [5.41, 5.74) is 2.80. The molecule has 0 aromatic heterocycles. The normalized spacial score (nSPS) is 15.8. The zero-order valence-corrected chi connectivity index (χ0v) is 19.1. The first-order valence-electron chi connectivity index (χ1n) is 10.5. The lowest BCUT2D eigenvalue weighted by molar-refractivity contribution is 0.0930. The van der Waals surface area contributed by atoms with Crippen molar-refractivity contribution < 1.29 is 13.2 Å². The lowest BCUT2D eigenvalue weighted by Gasteiger charge is -2.21. The second kappa shape index (κ2) is 9.84. The van der Waals surface area contributed by atoms with Crippen molar-refractivity contribution in [3.05, 3.63) is 58.1 Å². The zero-order valence-electron chi connectivity index (χ0n) is 17.5. The van der Waals surface area contributed by atoms with Crippen LogP contribution in [0, 0.1) is 13.8 Å². The van der Waals surface area contributed by atoms with E-state index in [1.54, 1.807) is 18.2 Å². The van der Waals surface area contributed by atoms with E-state index in [-0.39, 0.29) is 21.9 Å². The van der Waals surface area contributed by atoms with Crippen molar-refractivity contribution in [2.45, 2.75) is 69.7 Å². The van der Waals surface area contributed by atoms with Gasteiger partial charge in [0, 0.05) is 17.3 Å². The number of carbonyl (C=O) groups excluding carboxylic acids is 1. The molecule has 0 radical (unpaired) electrons. The Morgan fingerprint density at radius 1 is 0.933 bits per heavy atom. The molecule has 3 rings (SSSR count). The average molecular weight is 449 g/mol. The highest BCUT2D eigenvalue weighted by molar-refractivity contribution is 7.92. The first kappa shape index (κ1) is 22.6. The van der Waals surface area contributed by atoms with Crippen molar-refractivity contribution in [3.8, 4) is 0 Å². The number of rotatable bonds is 5. The van der Waals surface area contributed by atoms with E-state index in [4.69, 9.17) is 11.6 Å². The minimum Gasteiger partial charge on any atom is -0.349 e. The molecule has 0 saturated heterocycles. The molecular formula is C23H29ClN2O3S. The van der Waals surface area contributed by atoms with Crippen LogP contribution in [0.15, 0.2) is 41.3 Å².